The van der Waals surface area contributed by atoms with Crippen LogP contribution in [-0.2, 0) is 20.9 Å². The minimum atomic E-state index is -0.694. The van der Waals surface area contributed by atoms with Crippen LogP contribution in [0, 0.1) is 10.5 Å². The van der Waals surface area contributed by atoms with E-state index in [1.165, 1.54) is 0 Å². The number of ether oxygens (including phenoxy) is 2. The maximum absolute atomic E-state index is 12.5. The Labute approximate surface area is 176 Å². The van der Waals surface area contributed by atoms with E-state index in [0.29, 0.717) is 23.4 Å². The molecule has 1 amide bonds. The zero-order valence-corrected chi connectivity index (χ0v) is 17.7. The Balaban J connectivity index is 1.69. The van der Waals surface area contributed by atoms with Gasteiger partial charge in [-0.2, -0.15) is 0 Å². The first-order valence-electron chi connectivity index (χ1n) is 8.81. The van der Waals surface area contributed by atoms with E-state index in [1.54, 1.807) is 6.07 Å². The molecule has 0 fully saturated rings. The van der Waals surface area contributed by atoms with Crippen molar-refractivity contribution in [2.75, 3.05) is 18.5 Å². The van der Waals surface area contributed by atoms with Gasteiger partial charge in [0.05, 0.1) is 6.61 Å². The number of benzene rings is 2. The molecular weight excluding hydrogens is 473 g/mol. The molecule has 0 saturated carbocycles. The summed E-state index contributed by atoms with van der Waals surface area (Å²) < 4.78 is 17.4. The molecular formula is C21H20INO5. The number of amides is 1. The summed E-state index contributed by atoms with van der Waals surface area (Å²) in [5.74, 6) is -1.05. The molecule has 1 N–H and O–H groups in total. The van der Waals surface area contributed by atoms with Crippen molar-refractivity contribution in [1.82, 2.24) is 0 Å². The smallest absolute Gasteiger partial charge is 0.375 e. The van der Waals surface area contributed by atoms with Crippen molar-refractivity contribution in [3.05, 3.63) is 62.9 Å². The first-order chi connectivity index (χ1) is 13.5. The van der Waals surface area contributed by atoms with E-state index in [1.807, 2.05) is 50.2 Å². The number of carbonyl (C=O) groups is 2. The van der Waals surface area contributed by atoms with Gasteiger partial charge in [-0.1, -0.05) is 18.2 Å². The highest BCUT2D eigenvalue weighted by molar-refractivity contribution is 14.1. The van der Waals surface area contributed by atoms with Gasteiger partial charge >= 0.3 is 5.97 Å². The number of hydrogen-bond donors (Lipinski definition) is 1. The maximum Gasteiger partial charge on any atom is 0.375 e. The van der Waals surface area contributed by atoms with Crippen LogP contribution >= 0.6 is 22.6 Å². The Kier molecular flexibility index (Phi) is 6.69. The quantitative estimate of drug-likeness (QED) is 0.382. The molecule has 0 spiro atoms. The second-order valence-corrected chi connectivity index (χ2v) is 7.37. The fourth-order valence-electron chi connectivity index (χ4n) is 2.76. The van der Waals surface area contributed by atoms with Gasteiger partial charge in [-0.25, -0.2) is 4.79 Å². The summed E-state index contributed by atoms with van der Waals surface area (Å²) in [7, 11) is 0. The number of hydrogen-bond acceptors (Lipinski definition) is 5. The largest absolute Gasteiger partial charge is 0.450 e. The Morgan fingerprint density at radius 2 is 1.96 bits per heavy atom. The minimum absolute atomic E-state index is 0.0629. The first-order valence-corrected chi connectivity index (χ1v) is 9.88. The summed E-state index contributed by atoms with van der Waals surface area (Å²) in [6.07, 6.45) is 0. The van der Waals surface area contributed by atoms with Crippen LogP contribution in [-0.4, -0.2) is 25.1 Å². The summed E-state index contributed by atoms with van der Waals surface area (Å²) in [4.78, 5) is 24.7. The number of halogens is 1. The third-order valence-electron chi connectivity index (χ3n) is 4.13. The van der Waals surface area contributed by atoms with E-state index in [2.05, 4.69) is 27.9 Å². The van der Waals surface area contributed by atoms with Gasteiger partial charge in [-0.15, -0.1) is 0 Å². The van der Waals surface area contributed by atoms with Crippen molar-refractivity contribution in [2.24, 2.45) is 0 Å². The topological polar surface area (TPSA) is 77.8 Å². The minimum Gasteiger partial charge on any atom is -0.450 e. The highest BCUT2D eigenvalue weighted by Crippen LogP contribution is 2.27. The van der Waals surface area contributed by atoms with Gasteiger partial charge in [0.1, 0.15) is 5.58 Å². The molecule has 7 heteroatoms. The highest BCUT2D eigenvalue weighted by atomic mass is 127. The second kappa shape index (κ2) is 9.20. The average Bonchev–Trinajstić information content (AvgIpc) is 3.05. The number of furan rings is 1. The molecule has 28 heavy (non-hydrogen) atoms. The number of nitrogens with one attached hydrogen (secondary N) is 1. The van der Waals surface area contributed by atoms with E-state index in [4.69, 9.17) is 13.9 Å². The van der Waals surface area contributed by atoms with Crippen LogP contribution in [0.4, 0.5) is 5.69 Å². The van der Waals surface area contributed by atoms with Gasteiger partial charge in [-0.3, -0.25) is 4.79 Å². The number of fused-ring (bicyclic) bond motifs is 1. The molecule has 1 heterocycles. The molecule has 0 bridgehead atoms. The van der Waals surface area contributed by atoms with Crippen LogP contribution in [0.2, 0.25) is 0 Å². The van der Waals surface area contributed by atoms with Crippen molar-refractivity contribution >= 4 is 51.1 Å². The lowest BCUT2D eigenvalue weighted by Gasteiger charge is -2.09. The number of anilines is 1. The molecule has 0 atom stereocenters. The molecule has 0 radical (unpaired) electrons. The number of rotatable bonds is 7. The molecule has 0 saturated heterocycles. The summed E-state index contributed by atoms with van der Waals surface area (Å²) in [5.41, 5.74) is 2.81. The second-order valence-electron chi connectivity index (χ2n) is 6.13. The lowest BCUT2D eigenvalue weighted by atomic mass is 10.1. The molecule has 1 aromatic heterocycles. The summed E-state index contributed by atoms with van der Waals surface area (Å²) in [5, 5.41) is 3.54. The number of carbonyl (C=O) groups excluding carboxylic acids is 2. The zero-order valence-electron chi connectivity index (χ0n) is 15.6. The van der Waals surface area contributed by atoms with Crippen LogP contribution < -0.4 is 5.32 Å². The average molecular weight is 493 g/mol. The van der Waals surface area contributed by atoms with Crippen molar-refractivity contribution in [1.29, 1.82) is 0 Å². The Morgan fingerprint density at radius 3 is 2.71 bits per heavy atom. The van der Waals surface area contributed by atoms with Crippen molar-refractivity contribution in [3.8, 4) is 0 Å². The Hall–Kier alpha value is -2.39. The van der Waals surface area contributed by atoms with E-state index >= 15 is 0 Å². The van der Waals surface area contributed by atoms with Crippen LogP contribution in [0.25, 0.3) is 11.0 Å². The molecule has 3 rings (SSSR count). The lowest BCUT2D eigenvalue weighted by molar-refractivity contribution is -0.119. The third kappa shape index (κ3) is 4.71. The SMILES string of the molecule is CCOCc1c(C(=O)OCC(=O)Nc2ccc(I)cc2C)oc2ccccc12. The summed E-state index contributed by atoms with van der Waals surface area (Å²) in [6.45, 7) is 4.10. The monoisotopic (exact) mass is 493 g/mol. The lowest BCUT2D eigenvalue weighted by Crippen LogP contribution is -2.21. The molecule has 3 aromatic rings. The fraction of sp³-hybridized carbons (Fsp3) is 0.238. The van der Waals surface area contributed by atoms with Crippen molar-refractivity contribution in [3.63, 3.8) is 0 Å². The van der Waals surface area contributed by atoms with Gasteiger partial charge in [0.2, 0.25) is 5.76 Å². The van der Waals surface area contributed by atoms with Crippen molar-refractivity contribution in [2.45, 2.75) is 20.5 Å². The molecule has 2 aromatic carbocycles. The van der Waals surface area contributed by atoms with E-state index in [-0.39, 0.29) is 12.4 Å². The highest BCUT2D eigenvalue weighted by Gasteiger charge is 2.22. The molecule has 0 aliphatic heterocycles. The van der Waals surface area contributed by atoms with Gasteiger partial charge < -0.3 is 19.2 Å². The Bertz CT molecular complexity index is 1010. The molecule has 146 valence electrons. The molecule has 0 aliphatic carbocycles. The summed E-state index contributed by atoms with van der Waals surface area (Å²) in [6, 6.07) is 13.0. The Morgan fingerprint density at radius 1 is 1.18 bits per heavy atom. The number of esters is 1. The summed E-state index contributed by atoms with van der Waals surface area (Å²) >= 11 is 2.20. The van der Waals surface area contributed by atoms with Gasteiger partial charge in [0, 0.05) is 26.8 Å². The maximum atomic E-state index is 12.5. The van der Waals surface area contributed by atoms with Gasteiger partial charge in [0.15, 0.2) is 6.61 Å². The number of aryl methyl sites for hydroxylation is 1. The van der Waals surface area contributed by atoms with Gasteiger partial charge in [-0.05, 0) is 66.3 Å². The normalized spacial score (nSPS) is 10.8. The van der Waals surface area contributed by atoms with E-state index < -0.39 is 18.5 Å². The van der Waals surface area contributed by atoms with E-state index in [9.17, 15) is 9.59 Å². The van der Waals surface area contributed by atoms with E-state index in [0.717, 1.165) is 14.5 Å². The van der Waals surface area contributed by atoms with Crippen LogP contribution in [0.3, 0.4) is 0 Å². The predicted molar refractivity (Wildman–Crippen MR) is 114 cm³/mol. The van der Waals surface area contributed by atoms with Gasteiger partial charge in [0.25, 0.3) is 5.91 Å². The van der Waals surface area contributed by atoms with Crippen LogP contribution in [0.1, 0.15) is 28.6 Å². The van der Waals surface area contributed by atoms with Crippen molar-refractivity contribution < 1.29 is 23.5 Å². The van der Waals surface area contributed by atoms with Crippen LogP contribution in [0.15, 0.2) is 46.9 Å². The standard InChI is InChI=1S/C21H20INO5/c1-3-26-11-16-15-6-4-5-7-18(15)28-20(16)21(25)27-12-19(24)23-17-9-8-14(22)10-13(17)2/h4-10H,3,11-12H2,1-2H3,(H,23,24). The zero-order chi connectivity index (χ0) is 20.1. The fourth-order valence-corrected chi connectivity index (χ4v) is 3.41. The predicted octanol–water partition coefficient (Wildman–Crippen LogP) is 4.68. The third-order valence-corrected chi connectivity index (χ3v) is 4.80. The molecule has 6 nitrogen and oxygen atoms in total. The van der Waals surface area contributed by atoms with Crippen LogP contribution in [0.5, 0.6) is 0 Å². The number of para-hydroxylation sites is 1. The first kappa shape index (κ1) is 20.3. The molecule has 0 unspecified atom stereocenters. The molecule has 0 aliphatic rings.